The number of esters is 1. The SMILES string of the molecule is C=CCn1c(=S)[nH]c2cc(C(=O)N(C)CC(=O)N3CCCC(C(=O)OCC)C3)ccc2c1=O. The van der Waals surface area contributed by atoms with Crippen LogP contribution in [0.2, 0.25) is 0 Å². The Morgan fingerprint density at radius 2 is 2.12 bits per heavy atom. The lowest BCUT2D eigenvalue weighted by molar-refractivity contribution is -0.151. The molecule has 9 nitrogen and oxygen atoms in total. The van der Waals surface area contributed by atoms with E-state index in [1.807, 2.05) is 0 Å². The number of aromatic nitrogens is 2. The van der Waals surface area contributed by atoms with E-state index in [0.29, 0.717) is 49.0 Å². The third-order valence-corrected chi connectivity index (χ3v) is 5.98. The van der Waals surface area contributed by atoms with Gasteiger partial charge in [-0.1, -0.05) is 6.08 Å². The fourth-order valence-corrected chi connectivity index (χ4v) is 4.20. The number of H-pyrrole nitrogens is 1. The van der Waals surface area contributed by atoms with E-state index in [9.17, 15) is 19.2 Å². The molecule has 0 radical (unpaired) electrons. The molecule has 1 unspecified atom stereocenters. The number of carbonyl (C=O) groups is 3. The maximum Gasteiger partial charge on any atom is 0.310 e. The van der Waals surface area contributed by atoms with Crippen LogP contribution in [0.3, 0.4) is 0 Å². The van der Waals surface area contributed by atoms with Crippen molar-refractivity contribution in [3.05, 3.63) is 51.5 Å². The molecule has 2 heterocycles. The van der Waals surface area contributed by atoms with E-state index in [0.717, 1.165) is 0 Å². The molecule has 176 valence electrons. The number of amides is 2. The molecule has 33 heavy (non-hydrogen) atoms. The smallest absolute Gasteiger partial charge is 0.310 e. The highest BCUT2D eigenvalue weighted by Gasteiger charge is 2.30. The van der Waals surface area contributed by atoms with Gasteiger partial charge in [0.1, 0.15) is 0 Å². The number of nitrogens with zero attached hydrogens (tertiary/aromatic N) is 3. The first-order valence-corrected chi connectivity index (χ1v) is 11.2. The van der Waals surface area contributed by atoms with Crippen LogP contribution in [0.4, 0.5) is 0 Å². The van der Waals surface area contributed by atoms with Crippen molar-refractivity contribution in [2.45, 2.75) is 26.3 Å². The molecule has 2 amide bonds. The van der Waals surface area contributed by atoms with Crippen molar-refractivity contribution in [1.29, 1.82) is 0 Å². The van der Waals surface area contributed by atoms with Crippen molar-refractivity contribution >= 4 is 40.9 Å². The number of nitrogens with one attached hydrogen (secondary N) is 1. The average Bonchev–Trinajstić information content (AvgIpc) is 2.81. The van der Waals surface area contributed by atoms with E-state index in [1.165, 1.54) is 9.47 Å². The van der Waals surface area contributed by atoms with Gasteiger partial charge in [0.05, 0.1) is 30.0 Å². The summed E-state index contributed by atoms with van der Waals surface area (Å²) in [6, 6.07) is 4.69. The van der Waals surface area contributed by atoms with Gasteiger partial charge in [-0.05, 0) is 50.2 Å². The number of hydrogen-bond acceptors (Lipinski definition) is 6. The molecule has 1 aromatic carbocycles. The Morgan fingerprint density at radius 1 is 1.36 bits per heavy atom. The van der Waals surface area contributed by atoms with Crippen LogP contribution in [0.25, 0.3) is 10.9 Å². The standard InChI is InChI=1S/C23H28N4O5S/c1-4-10-27-21(30)17-9-8-15(12-18(17)24-23(27)33)20(29)25(3)14-19(28)26-11-6-7-16(13-26)22(31)32-5-2/h4,8-9,12,16H,1,5-7,10-11,13-14H2,2-3H3,(H,24,33). The van der Waals surface area contributed by atoms with Crippen molar-refractivity contribution in [1.82, 2.24) is 19.4 Å². The maximum atomic E-state index is 12.9. The molecule has 10 heteroatoms. The van der Waals surface area contributed by atoms with Crippen molar-refractivity contribution in [2.75, 3.05) is 33.3 Å². The van der Waals surface area contributed by atoms with E-state index in [1.54, 1.807) is 43.1 Å². The van der Waals surface area contributed by atoms with Crippen molar-refractivity contribution in [3.8, 4) is 0 Å². The number of fused-ring (bicyclic) bond motifs is 1. The van der Waals surface area contributed by atoms with E-state index >= 15 is 0 Å². The lowest BCUT2D eigenvalue weighted by atomic mass is 9.98. The summed E-state index contributed by atoms with van der Waals surface area (Å²) < 4.78 is 6.70. The maximum absolute atomic E-state index is 12.9. The fraction of sp³-hybridized carbons (Fsp3) is 0.435. The number of rotatable bonds is 7. The van der Waals surface area contributed by atoms with Crippen molar-refractivity contribution in [3.63, 3.8) is 0 Å². The van der Waals surface area contributed by atoms with Gasteiger partial charge in [0.2, 0.25) is 5.91 Å². The third-order valence-electron chi connectivity index (χ3n) is 5.65. The molecule has 1 saturated heterocycles. The fourth-order valence-electron chi connectivity index (χ4n) is 3.93. The molecule has 2 aromatic rings. The van der Waals surface area contributed by atoms with Gasteiger partial charge in [-0.3, -0.25) is 23.7 Å². The van der Waals surface area contributed by atoms with Crippen LogP contribution in [0.15, 0.2) is 35.6 Å². The number of hydrogen-bond donors (Lipinski definition) is 1. The zero-order chi connectivity index (χ0) is 24.1. The molecule has 0 spiro atoms. The molecular weight excluding hydrogens is 444 g/mol. The number of benzene rings is 1. The molecule has 1 fully saturated rings. The Bertz CT molecular complexity index is 1200. The Labute approximate surface area is 196 Å². The Kier molecular flexibility index (Phi) is 7.80. The summed E-state index contributed by atoms with van der Waals surface area (Å²) in [7, 11) is 1.54. The van der Waals surface area contributed by atoms with Gasteiger partial charge in [0, 0.05) is 32.2 Å². The van der Waals surface area contributed by atoms with Crippen LogP contribution in [0.1, 0.15) is 30.1 Å². The molecule has 1 aliphatic heterocycles. The molecule has 1 N–H and O–H groups in total. The van der Waals surface area contributed by atoms with E-state index in [-0.39, 0.29) is 47.1 Å². The Balaban J connectivity index is 1.73. The van der Waals surface area contributed by atoms with Crippen molar-refractivity contribution in [2.24, 2.45) is 5.92 Å². The van der Waals surface area contributed by atoms with Gasteiger partial charge in [0.25, 0.3) is 11.5 Å². The second-order valence-electron chi connectivity index (χ2n) is 7.99. The lowest BCUT2D eigenvalue weighted by Crippen LogP contribution is -2.47. The molecular formula is C23H28N4O5S. The number of likely N-dealkylation sites (tertiary alicyclic amines) is 1. The monoisotopic (exact) mass is 472 g/mol. The first kappa shape index (κ1) is 24.4. The van der Waals surface area contributed by atoms with Gasteiger partial charge in [-0.25, -0.2) is 0 Å². The molecule has 0 aliphatic carbocycles. The summed E-state index contributed by atoms with van der Waals surface area (Å²) in [5, 5.41) is 0.402. The van der Waals surface area contributed by atoms with Gasteiger partial charge in [0.15, 0.2) is 4.77 Å². The highest BCUT2D eigenvalue weighted by atomic mass is 32.1. The lowest BCUT2D eigenvalue weighted by Gasteiger charge is -2.32. The van der Waals surface area contributed by atoms with Crippen LogP contribution in [-0.2, 0) is 20.9 Å². The predicted molar refractivity (Wildman–Crippen MR) is 126 cm³/mol. The van der Waals surface area contributed by atoms with E-state index in [4.69, 9.17) is 17.0 Å². The van der Waals surface area contributed by atoms with Gasteiger partial charge in [-0.2, -0.15) is 0 Å². The minimum absolute atomic E-state index is 0.122. The summed E-state index contributed by atoms with van der Waals surface area (Å²) in [6.07, 6.45) is 2.97. The summed E-state index contributed by atoms with van der Waals surface area (Å²) in [6.45, 7) is 6.68. The summed E-state index contributed by atoms with van der Waals surface area (Å²) >= 11 is 5.25. The van der Waals surface area contributed by atoms with E-state index < -0.39 is 0 Å². The highest BCUT2D eigenvalue weighted by molar-refractivity contribution is 7.71. The number of ether oxygens (including phenoxy) is 1. The van der Waals surface area contributed by atoms with Gasteiger partial charge in [-0.15, -0.1) is 6.58 Å². The van der Waals surface area contributed by atoms with Crippen LogP contribution < -0.4 is 5.56 Å². The second-order valence-corrected chi connectivity index (χ2v) is 8.37. The molecule has 1 aliphatic rings. The first-order chi connectivity index (χ1) is 15.8. The normalized spacial score (nSPS) is 15.8. The first-order valence-electron chi connectivity index (χ1n) is 10.8. The largest absolute Gasteiger partial charge is 0.466 e. The Hall–Kier alpha value is -3.27. The molecule has 1 atom stereocenters. The number of carbonyl (C=O) groups excluding carboxylic acids is 3. The minimum atomic E-state index is -0.362. The zero-order valence-corrected chi connectivity index (χ0v) is 19.7. The molecule has 0 bridgehead atoms. The number of piperidine rings is 1. The average molecular weight is 473 g/mol. The highest BCUT2D eigenvalue weighted by Crippen LogP contribution is 2.19. The summed E-state index contributed by atoms with van der Waals surface area (Å²) in [5.41, 5.74) is 0.508. The molecule has 3 rings (SSSR count). The van der Waals surface area contributed by atoms with Crippen LogP contribution in [-0.4, -0.2) is 70.4 Å². The topological polar surface area (TPSA) is 105 Å². The molecule has 0 saturated carbocycles. The van der Waals surface area contributed by atoms with Gasteiger partial charge >= 0.3 is 5.97 Å². The van der Waals surface area contributed by atoms with Crippen LogP contribution in [0, 0.1) is 10.7 Å². The summed E-state index contributed by atoms with van der Waals surface area (Å²) in [4.78, 5) is 56.3. The van der Waals surface area contributed by atoms with Crippen LogP contribution >= 0.6 is 12.2 Å². The zero-order valence-electron chi connectivity index (χ0n) is 18.8. The Morgan fingerprint density at radius 3 is 2.82 bits per heavy atom. The van der Waals surface area contributed by atoms with Gasteiger partial charge < -0.3 is 19.5 Å². The molecule has 1 aromatic heterocycles. The van der Waals surface area contributed by atoms with Crippen molar-refractivity contribution < 1.29 is 19.1 Å². The number of likely N-dealkylation sites (N-methyl/N-ethyl adjacent to an activating group) is 1. The number of aromatic amines is 1. The predicted octanol–water partition coefficient (Wildman–Crippen LogP) is 2.12. The van der Waals surface area contributed by atoms with Crippen LogP contribution in [0.5, 0.6) is 0 Å². The van der Waals surface area contributed by atoms with E-state index in [2.05, 4.69) is 11.6 Å². The number of allylic oxidation sites excluding steroid dienone is 1. The quantitative estimate of drug-likeness (QED) is 0.376. The second kappa shape index (κ2) is 10.6. The summed E-state index contributed by atoms with van der Waals surface area (Å²) in [5.74, 6) is -1.22. The third kappa shape index (κ3) is 5.39. The minimum Gasteiger partial charge on any atom is -0.466 e.